The summed E-state index contributed by atoms with van der Waals surface area (Å²) in [6.07, 6.45) is -3.51. The number of carbonyl (C=O) groups excluding carboxylic acids is 9. The molecule has 0 saturated carbocycles. The fourth-order valence-electron chi connectivity index (χ4n) is 6.65. The summed E-state index contributed by atoms with van der Waals surface area (Å²) in [5.41, 5.74) is 28.9. The maximum absolute atomic E-state index is 14.1. The number of aliphatic hydroxyl groups excluding tert-OH is 2. The van der Waals surface area contributed by atoms with Gasteiger partial charge >= 0.3 is 0 Å². The highest BCUT2D eigenvalue weighted by atomic mass is 16.3. The zero-order chi connectivity index (χ0) is 49.6. The van der Waals surface area contributed by atoms with Gasteiger partial charge in [-0.1, -0.05) is 27.7 Å². The fourth-order valence-corrected chi connectivity index (χ4v) is 6.65. The molecule has 25 nitrogen and oxygen atoms in total. The fraction of sp³-hybridized carbons (Fsp3) is 0.775. The van der Waals surface area contributed by atoms with E-state index in [2.05, 4.69) is 47.9 Å². The average molecular weight is 929 g/mol. The Balaban J connectivity index is 3.88. The summed E-state index contributed by atoms with van der Waals surface area (Å²) >= 11 is 0. The smallest absolute Gasteiger partial charge is 0.245 e. The SMILES string of the molecule is CC(C)C[C@@H]1NC(=O)[C@H](CCN)NC(=O)[C@@H](NC(=O)[C@H](CCN)NC(=O)[C@@H](N)[C@@H](C)O)CCNC(=O)[C@H]([C@@H](C)O)NC(=O)[C@H](CCN)NC(=O)[C@H](CCN)NC(=O)[C@H](CC(C)C)NC1=O. The van der Waals surface area contributed by atoms with Crippen LogP contribution in [0.2, 0.25) is 0 Å². The van der Waals surface area contributed by atoms with Gasteiger partial charge in [-0.3, -0.25) is 43.2 Å². The molecule has 372 valence electrons. The van der Waals surface area contributed by atoms with Crippen molar-refractivity contribution in [2.75, 3.05) is 32.7 Å². The van der Waals surface area contributed by atoms with E-state index in [1.54, 1.807) is 27.7 Å². The summed E-state index contributed by atoms with van der Waals surface area (Å²) in [7, 11) is 0. The topological polar surface area (TPSA) is 432 Å². The average Bonchev–Trinajstić information content (AvgIpc) is 3.22. The van der Waals surface area contributed by atoms with Crippen LogP contribution < -0.4 is 76.5 Å². The molecular formula is C40H76N14O11. The highest BCUT2D eigenvalue weighted by Gasteiger charge is 2.36. The summed E-state index contributed by atoms with van der Waals surface area (Å²) in [5, 5.41) is 43.2. The Morgan fingerprint density at radius 2 is 0.985 bits per heavy atom. The summed E-state index contributed by atoms with van der Waals surface area (Å²) in [4.78, 5) is 123. The molecule has 0 bridgehead atoms. The van der Waals surface area contributed by atoms with Crippen molar-refractivity contribution < 1.29 is 53.4 Å². The van der Waals surface area contributed by atoms with Crippen molar-refractivity contribution >= 4 is 53.2 Å². The van der Waals surface area contributed by atoms with Crippen LogP contribution in [0.25, 0.3) is 0 Å². The van der Waals surface area contributed by atoms with E-state index in [0.29, 0.717) is 0 Å². The molecule has 25 heteroatoms. The Hall–Kier alpha value is -5.05. The van der Waals surface area contributed by atoms with E-state index < -0.39 is 120 Å². The molecule has 9 amide bonds. The number of carbonyl (C=O) groups is 9. The third-order valence-electron chi connectivity index (χ3n) is 10.3. The second-order valence-electron chi connectivity index (χ2n) is 17.1. The molecule has 65 heavy (non-hydrogen) atoms. The second kappa shape index (κ2) is 29.5. The third-order valence-corrected chi connectivity index (χ3v) is 10.3. The molecule has 11 atom stereocenters. The lowest BCUT2D eigenvalue weighted by atomic mass is 9.99. The number of aliphatic hydroxyl groups is 2. The largest absolute Gasteiger partial charge is 0.391 e. The highest BCUT2D eigenvalue weighted by molar-refractivity contribution is 5.98. The van der Waals surface area contributed by atoms with E-state index in [4.69, 9.17) is 28.7 Å². The minimum Gasteiger partial charge on any atom is -0.391 e. The van der Waals surface area contributed by atoms with E-state index >= 15 is 0 Å². The van der Waals surface area contributed by atoms with Crippen LogP contribution in [-0.2, 0) is 43.2 Å². The Morgan fingerprint density at radius 3 is 1.37 bits per heavy atom. The quantitative estimate of drug-likeness (QED) is 0.0607. The lowest BCUT2D eigenvalue weighted by molar-refractivity contribution is -0.136. The molecule has 0 aromatic heterocycles. The summed E-state index contributed by atoms with van der Waals surface area (Å²) < 4.78 is 0. The van der Waals surface area contributed by atoms with Gasteiger partial charge in [-0.2, -0.15) is 0 Å². The molecule has 0 spiro atoms. The molecular weight excluding hydrogens is 853 g/mol. The van der Waals surface area contributed by atoms with Gasteiger partial charge in [0.05, 0.1) is 12.2 Å². The van der Waals surface area contributed by atoms with Gasteiger partial charge in [0, 0.05) is 6.54 Å². The Morgan fingerprint density at radius 1 is 0.585 bits per heavy atom. The van der Waals surface area contributed by atoms with Crippen LogP contribution in [0.1, 0.15) is 86.5 Å². The predicted octanol–water partition coefficient (Wildman–Crippen LogP) is -7.04. The molecule has 1 saturated heterocycles. The van der Waals surface area contributed by atoms with Crippen molar-refractivity contribution in [2.45, 2.75) is 153 Å². The highest BCUT2D eigenvalue weighted by Crippen LogP contribution is 2.11. The van der Waals surface area contributed by atoms with Crippen molar-refractivity contribution in [3.8, 4) is 0 Å². The van der Waals surface area contributed by atoms with Gasteiger partial charge in [-0.15, -0.1) is 0 Å². The number of hydrogen-bond donors (Lipinski definition) is 16. The molecule has 1 aliphatic rings. The summed E-state index contributed by atoms with van der Waals surface area (Å²) in [6.45, 7) is 8.86. The molecule has 1 aliphatic heterocycles. The van der Waals surface area contributed by atoms with E-state index in [-0.39, 0.29) is 89.5 Å². The van der Waals surface area contributed by atoms with E-state index in [9.17, 15) is 53.4 Å². The minimum atomic E-state index is -1.62. The molecule has 0 aliphatic carbocycles. The van der Waals surface area contributed by atoms with Crippen molar-refractivity contribution in [1.29, 1.82) is 0 Å². The van der Waals surface area contributed by atoms with Gasteiger partial charge < -0.3 is 86.7 Å². The Kier molecular flexibility index (Phi) is 26.3. The van der Waals surface area contributed by atoms with Crippen LogP contribution in [0.4, 0.5) is 0 Å². The number of rotatable bonds is 18. The van der Waals surface area contributed by atoms with Crippen molar-refractivity contribution in [2.24, 2.45) is 40.5 Å². The molecule has 0 aromatic carbocycles. The third kappa shape index (κ3) is 20.3. The van der Waals surface area contributed by atoms with Gasteiger partial charge in [-0.05, 0) is 96.8 Å². The van der Waals surface area contributed by atoms with Crippen molar-refractivity contribution in [3.63, 3.8) is 0 Å². The predicted molar refractivity (Wildman–Crippen MR) is 238 cm³/mol. The van der Waals surface area contributed by atoms with Gasteiger partial charge in [-0.25, -0.2) is 0 Å². The number of amides is 9. The molecule has 1 heterocycles. The van der Waals surface area contributed by atoms with Crippen LogP contribution in [-0.4, -0.2) is 163 Å². The Bertz CT molecular complexity index is 1600. The van der Waals surface area contributed by atoms with Crippen LogP contribution in [0, 0.1) is 11.8 Å². The maximum atomic E-state index is 14.1. The van der Waals surface area contributed by atoms with E-state index in [1.807, 2.05) is 0 Å². The van der Waals surface area contributed by atoms with Gasteiger partial charge in [0.15, 0.2) is 0 Å². The monoisotopic (exact) mass is 929 g/mol. The standard InChI is InChI=1S/C40H76N14O11/c1-19(2)17-28-37(62)49-23(7-12-41)32(57)48-26(10-15-44)36(61)54-31(22(6)56)40(65)46-16-11-27(50-33(58)25(9-14-43)51-39(64)30(45)21(5)55)35(60)47-24(8-13-42)34(59)52-29(18-20(3)4)38(63)53-28/h19-31,55-56H,7-18,41-45H2,1-6H3,(H,46,65)(H,47,60)(H,48,57)(H,49,62)(H,50,58)(H,51,64)(H,52,59)(H,53,63)(H,54,61)/t21-,22-,23+,24+,25+,26+,27+,28+,29+,30+,31+/m1/s1. The molecule has 1 fully saturated rings. The zero-order valence-electron chi connectivity index (χ0n) is 38.4. The second-order valence-corrected chi connectivity index (χ2v) is 17.1. The minimum absolute atomic E-state index is 0.0747. The first kappa shape index (κ1) is 58.0. The number of hydrogen-bond acceptors (Lipinski definition) is 16. The van der Waals surface area contributed by atoms with E-state index in [1.165, 1.54) is 13.8 Å². The summed E-state index contributed by atoms with van der Waals surface area (Å²) in [5.74, 6) is -8.14. The van der Waals surface area contributed by atoms with Gasteiger partial charge in [0.25, 0.3) is 0 Å². The van der Waals surface area contributed by atoms with Crippen LogP contribution >= 0.6 is 0 Å². The molecule has 1 rings (SSSR count). The molecule has 0 unspecified atom stereocenters. The number of nitrogens with two attached hydrogens (primary N) is 5. The van der Waals surface area contributed by atoms with Crippen molar-refractivity contribution in [1.82, 2.24) is 47.9 Å². The lowest BCUT2D eigenvalue weighted by Gasteiger charge is -2.29. The molecule has 21 N–H and O–H groups in total. The van der Waals surface area contributed by atoms with Crippen LogP contribution in [0.3, 0.4) is 0 Å². The van der Waals surface area contributed by atoms with E-state index in [0.717, 1.165) is 0 Å². The first-order valence-corrected chi connectivity index (χ1v) is 22.1. The first-order valence-electron chi connectivity index (χ1n) is 22.1. The maximum Gasteiger partial charge on any atom is 0.245 e. The van der Waals surface area contributed by atoms with Crippen LogP contribution in [0.15, 0.2) is 0 Å². The first-order chi connectivity index (χ1) is 30.5. The van der Waals surface area contributed by atoms with Gasteiger partial charge in [0.1, 0.15) is 54.4 Å². The number of nitrogens with one attached hydrogen (secondary N) is 9. The lowest BCUT2D eigenvalue weighted by Crippen LogP contribution is -2.61. The Labute approximate surface area is 380 Å². The summed E-state index contributed by atoms with van der Waals surface area (Å²) in [6, 6.07) is -12.5. The zero-order valence-corrected chi connectivity index (χ0v) is 38.4. The molecule has 0 radical (unpaired) electrons. The normalized spacial score (nSPS) is 25.6. The molecule has 0 aromatic rings. The van der Waals surface area contributed by atoms with Crippen molar-refractivity contribution in [3.05, 3.63) is 0 Å². The van der Waals surface area contributed by atoms with Crippen LogP contribution in [0.5, 0.6) is 0 Å². The van der Waals surface area contributed by atoms with Gasteiger partial charge in [0.2, 0.25) is 53.2 Å².